The van der Waals surface area contributed by atoms with Crippen LogP contribution < -0.4 is 20.4 Å². The van der Waals surface area contributed by atoms with E-state index in [0.29, 0.717) is 68.0 Å². The number of hydrogen-bond acceptors (Lipinski definition) is 10. The number of anilines is 2. The summed E-state index contributed by atoms with van der Waals surface area (Å²) < 4.78 is 71.0. The van der Waals surface area contributed by atoms with Gasteiger partial charge in [0.2, 0.25) is 11.8 Å². The lowest BCUT2D eigenvalue weighted by Crippen LogP contribution is -2.51. The first-order valence-electron chi connectivity index (χ1n) is 25.3. The molecule has 9 rings (SSSR count). The number of nitrogens with zero attached hydrogens (tertiary/aromatic N) is 6. The van der Waals surface area contributed by atoms with Crippen LogP contribution >= 0.6 is 0 Å². The second kappa shape index (κ2) is 19.9. The Labute approximate surface area is 416 Å². The molecule has 5 aliphatic rings. The zero-order valence-corrected chi connectivity index (χ0v) is 42.0. The Kier molecular flexibility index (Phi) is 14.0. The average molecular weight is 1000 g/mol. The normalized spacial score (nSPS) is 24.8. The molecule has 0 saturated carbocycles. The minimum absolute atomic E-state index is 0.178. The number of halogens is 4. The fraction of sp³-hybridized carbons (Fsp3) is 0.577. The van der Waals surface area contributed by atoms with Crippen LogP contribution in [0.2, 0.25) is 0 Å². The Hall–Kier alpha value is -6.34. The fourth-order valence-electron chi connectivity index (χ4n) is 11.8. The first kappa shape index (κ1) is 50.6. The van der Waals surface area contributed by atoms with Gasteiger partial charge >= 0.3 is 12.2 Å². The molecule has 0 bridgehead atoms. The van der Waals surface area contributed by atoms with Gasteiger partial charge in [-0.2, -0.15) is 0 Å². The molecule has 6 heterocycles. The molecular formula is C52H66F4N10O6. The summed E-state index contributed by atoms with van der Waals surface area (Å²) in [7, 11) is 2.52. The van der Waals surface area contributed by atoms with Gasteiger partial charge in [0, 0.05) is 62.6 Å². The van der Waals surface area contributed by atoms with E-state index < -0.39 is 60.1 Å². The smallest absolute Gasteiger partial charge is 0.407 e. The molecule has 20 heteroatoms. The molecule has 388 valence electrons. The van der Waals surface area contributed by atoms with Crippen molar-refractivity contribution in [1.29, 1.82) is 0 Å². The number of amides is 4. The molecule has 72 heavy (non-hydrogen) atoms. The van der Waals surface area contributed by atoms with Gasteiger partial charge in [0.1, 0.15) is 29.4 Å². The fourth-order valence-corrected chi connectivity index (χ4v) is 11.8. The number of fused-ring (bicyclic) bond motifs is 2. The van der Waals surface area contributed by atoms with Gasteiger partial charge in [0.25, 0.3) is 5.92 Å². The van der Waals surface area contributed by atoms with E-state index in [-0.39, 0.29) is 66.6 Å². The Bertz CT molecular complexity index is 2710. The lowest BCUT2D eigenvalue weighted by molar-refractivity contribution is -0.136. The third-order valence-electron chi connectivity index (χ3n) is 15.7. The van der Waals surface area contributed by atoms with Crippen molar-refractivity contribution >= 4 is 52.5 Å². The first-order valence-corrected chi connectivity index (χ1v) is 25.3. The monoisotopic (exact) mass is 1000 g/mol. The quantitative estimate of drug-likeness (QED) is 0.100. The number of ether oxygens (including phenoxy) is 2. The van der Waals surface area contributed by atoms with Crippen LogP contribution in [0.1, 0.15) is 133 Å². The SMILES string of the molecule is COC(=O)N[C@H](C(=O)N1CCC[C@H]1c1nc2c([nH]1)C=CC(C)([C@H]1CC[C@H](c3ccc4[nH]c([C@@H]5CCCN5C(=O)[C@@H](NC(=O)OC)C(C)C)nc4c3)N1c1cc(F)c(N3CCC(F)(F)CC3)c(F)c1)C2)C(C)C. The predicted octanol–water partition coefficient (Wildman–Crippen LogP) is 8.87. The maximum absolute atomic E-state index is 16.5. The van der Waals surface area contributed by atoms with Gasteiger partial charge in [-0.05, 0) is 86.3 Å². The van der Waals surface area contributed by atoms with E-state index in [1.807, 2.05) is 52.0 Å². The van der Waals surface area contributed by atoms with Gasteiger partial charge in [-0.1, -0.05) is 46.8 Å². The highest BCUT2D eigenvalue weighted by atomic mass is 19.3. The molecule has 4 amide bonds. The second-order valence-electron chi connectivity index (χ2n) is 21.1. The molecule has 1 unspecified atom stereocenters. The minimum Gasteiger partial charge on any atom is -0.453 e. The molecular weight excluding hydrogens is 937 g/mol. The van der Waals surface area contributed by atoms with Gasteiger partial charge in [-0.25, -0.2) is 37.1 Å². The van der Waals surface area contributed by atoms with Crippen molar-refractivity contribution in [3.8, 4) is 0 Å². The van der Waals surface area contributed by atoms with Crippen LogP contribution in [-0.4, -0.2) is 118 Å². The Morgan fingerprint density at radius 3 is 1.88 bits per heavy atom. The van der Waals surface area contributed by atoms with Crippen LogP contribution in [0.5, 0.6) is 0 Å². The highest BCUT2D eigenvalue weighted by Crippen LogP contribution is 2.51. The number of methoxy groups -OCH3 is 2. The van der Waals surface area contributed by atoms with Crippen molar-refractivity contribution in [3.63, 3.8) is 0 Å². The Balaban J connectivity index is 1.02. The standard InChI is InChI=1S/C52H66F4N10O6/c1-28(2)42(61-49(69)71-6)47(67)64-20-8-10-39(64)45-57-34-13-12-30(24-36(34)59-45)38-14-15-41(66(38)31-25-32(53)44(33(54)26-31)63-22-18-52(55,56)19-23-63)51(5)17-16-35-37(27-51)60-46(58-35)40-11-9-21-65(40)48(68)43(29(3)4)62-50(70)72-7/h12-13,16-17,24-26,28-29,38-43H,8-11,14-15,18-23,27H2,1-7H3,(H,57,59)(H,58,60)(H,61,69)(H,62,70)/t38-,39+,40+,41-,42+,43+,51?/m1/s1. The number of alkyl carbamates (subject to hydrolysis) is 2. The number of nitrogens with one attached hydrogen (secondary N) is 4. The van der Waals surface area contributed by atoms with E-state index in [1.54, 1.807) is 9.80 Å². The van der Waals surface area contributed by atoms with Gasteiger partial charge in [0.05, 0.1) is 54.8 Å². The van der Waals surface area contributed by atoms with Crippen molar-refractivity contribution in [2.45, 2.75) is 135 Å². The van der Waals surface area contributed by atoms with Gasteiger partial charge in [-0.3, -0.25) is 9.59 Å². The third-order valence-corrected chi connectivity index (χ3v) is 15.7. The number of carbonyl (C=O) groups excluding carboxylic acids is 4. The second-order valence-corrected chi connectivity index (χ2v) is 21.1. The molecule has 2 aromatic carbocycles. The third kappa shape index (κ3) is 9.68. The van der Waals surface area contributed by atoms with E-state index in [1.165, 1.54) is 31.3 Å². The molecule has 16 nitrogen and oxygen atoms in total. The molecule has 4 saturated heterocycles. The number of aromatic amines is 2. The Morgan fingerprint density at radius 1 is 0.750 bits per heavy atom. The summed E-state index contributed by atoms with van der Waals surface area (Å²) >= 11 is 0. The number of benzene rings is 2. The van der Waals surface area contributed by atoms with Crippen molar-refractivity contribution in [2.24, 2.45) is 17.3 Å². The summed E-state index contributed by atoms with van der Waals surface area (Å²) in [5.41, 5.74) is 3.27. The van der Waals surface area contributed by atoms with E-state index in [9.17, 15) is 28.0 Å². The molecule has 0 radical (unpaired) electrons. The van der Waals surface area contributed by atoms with Gasteiger partial charge in [-0.15, -0.1) is 0 Å². The highest BCUT2D eigenvalue weighted by Gasteiger charge is 2.48. The summed E-state index contributed by atoms with van der Waals surface area (Å²) in [5, 5.41) is 5.39. The maximum Gasteiger partial charge on any atom is 0.407 e. The number of aromatic nitrogens is 4. The number of alkyl halides is 2. The van der Waals surface area contributed by atoms with Crippen LogP contribution in [-0.2, 0) is 25.5 Å². The zero-order chi connectivity index (χ0) is 51.4. The molecule has 4 aliphatic heterocycles. The summed E-state index contributed by atoms with van der Waals surface area (Å²) in [6, 6.07) is 5.60. The van der Waals surface area contributed by atoms with E-state index in [4.69, 9.17) is 19.4 Å². The lowest BCUT2D eigenvalue weighted by atomic mass is 9.74. The highest BCUT2D eigenvalue weighted by molar-refractivity contribution is 5.87. The van der Waals surface area contributed by atoms with Crippen molar-refractivity contribution in [3.05, 3.63) is 76.6 Å². The van der Waals surface area contributed by atoms with Crippen molar-refractivity contribution < 1.29 is 46.2 Å². The minimum atomic E-state index is -2.89. The first-order chi connectivity index (χ1) is 34.3. The van der Waals surface area contributed by atoms with Crippen LogP contribution in [0.15, 0.2) is 36.4 Å². The number of rotatable bonds is 12. The largest absolute Gasteiger partial charge is 0.453 e. The average Bonchev–Trinajstić information content (AvgIpc) is 4.21. The number of hydrogen-bond donors (Lipinski definition) is 4. The molecule has 1 aliphatic carbocycles. The summed E-state index contributed by atoms with van der Waals surface area (Å²) in [4.78, 5) is 76.4. The summed E-state index contributed by atoms with van der Waals surface area (Å²) in [6.45, 7) is 10.2. The topological polar surface area (TPSA) is 181 Å². The number of H-pyrrole nitrogens is 2. The number of piperidine rings is 1. The lowest BCUT2D eigenvalue weighted by Gasteiger charge is -2.43. The summed E-state index contributed by atoms with van der Waals surface area (Å²) in [5.74, 6) is -4.12. The molecule has 4 fully saturated rings. The van der Waals surface area contributed by atoms with Crippen LogP contribution in [0.4, 0.5) is 38.5 Å². The number of likely N-dealkylation sites (tertiary alicyclic amines) is 2. The molecule has 2 aromatic heterocycles. The molecule has 4 N–H and O–H groups in total. The van der Waals surface area contributed by atoms with Crippen molar-refractivity contribution in [2.75, 3.05) is 50.2 Å². The zero-order valence-electron chi connectivity index (χ0n) is 42.0. The number of carbonyl (C=O) groups is 4. The maximum atomic E-state index is 16.5. The van der Waals surface area contributed by atoms with E-state index in [0.717, 1.165) is 35.3 Å². The van der Waals surface area contributed by atoms with Crippen LogP contribution in [0.25, 0.3) is 17.1 Å². The predicted molar refractivity (Wildman–Crippen MR) is 262 cm³/mol. The molecule has 0 spiro atoms. The van der Waals surface area contributed by atoms with Crippen LogP contribution in [0.3, 0.4) is 0 Å². The van der Waals surface area contributed by atoms with E-state index >= 15 is 8.78 Å². The number of imidazole rings is 2. The molecule has 4 aromatic rings. The van der Waals surface area contributed by atoms with Gasteiger partial charge in [0.15, 0.2) is 11.6 Å². The summed E-state index contributed by atoms with van der Waals surface area (Å²) in [6.07, 6.45) is 6.34. The van der Waals surface area contributed by atoms with Crippen molar-refractivity contribution in [1.82, 2.24) is 40.4 Å². The molecule has 7 atom stereocenters. The van der Waals surface area contributed by atoms with Crippen LogP contribution in [0, 0.1) is 28.9 Å². The van der Waals surface area contributed by atoms with Gasteiger partial charge < -0.3 is 49.7 Å². The van der Waals surface area contributed by atoms with E-state index in [2.05, 4.69) is 38.5 Å². The Morgan fingerprint density at radius 2 is 1.32 bits per heavy atom.